The van der Waals surface area contributed by atoms with Gasteiger partial charge in [-0.2, -0.15) is 0 Å². The monoisotopic (exact) mass is 377 g/mol. The van der Waals surface area contributed by atoms with Crippen LogP contribution in [0.1, 0.15) is 40.9 Å². The molecule has 1 saturated heterocycles. The zero-order chi connectivity index (χ0) is 19.7. The summed E-state index contributed by atoms with van der Waals surface area (Å²) in [4.78, 5) is 19.8. The quantitative estimate of drug-likeness (QED) is 0.679. The van der Waals surface area contributed by atoms with Gasteiger partial charge in [0.1, 0.15) is 11.5 Å². The van der Waals surface area contributed by atoms with Crippen LogP contribution in [0.4, 0.5) is 15.8 Å². The van der Waals surface area contributed by atoms with Crippen molar-refractivity contribution in [2.75, 3.05) is 23.3 Å². The molecule has 2 aromatic carbocycles. The fourth-order valence-corrected chi connectivity index (χ4v) is 3.70. The van der Waals surface area contributed by atoms with Gasteiger partial charge in [0.25, 0.3) is 5.91 Å². The highest BCUT2D eigenvalue weighted by atomic mass is 19.1. The second-order valence-electron chi connectivity index (χ2n) is 7.51. The average Bonchev–Trinajstić information content (AvgIpc) is 2.70. The number of hydrogen-bond acceptors (Lipinski definition) is 3. The average molecular weight is 377 g/mol. The minimum atomic E-state index is -0.339. The molecular weight excluding hydrogens is 353 g/mol. The van der Waals surface area contributed by atoms with Crippen LogP contribution in [0.5, 0.6) is 0 Å². The highest BCUT2D eigenvalue weighted by Gasteiger charge is 2.18. The Morgan fingerprint density at radius 1 is 1.04 bits per heavy atom. The van der Waals surface area contributed by atoms with Crippen LogP contribution in [0.25, 0.3) is 10.9 Å². The number of piperidine rings is 1. The van der Waals surface area contributed by atoms with Gasteiger partial charge >= 0.3 is 0 Å². The van der Waals surface area contributed by atoms with Crippen LogP contribution in [-0.2, 0) is 0 Å². The first kappa shape index (κ1) is 18.4. The lowest BCUT2D eigenvalue weighted by Gasteiger charge is -2.30. The summed E-state index contributed by atoms with van der Waals surface area (Å²) in [5, 5.41) is 3.84. The molecule has 1 aliphatic rings. The molecule has 1 aromatic heterocycles. The number of rotatable bonds is 3. The summed E-state index contributed by atoms with van der Waals surface area (Å²) >= 11 is 0. The molecule has 1 amide bonds. The molecule has 0 radical (unpaired) electrons. The number of aromatic nitrogens is 1. The molecule has 0 spiro atoms. The number of nitrogens with zero attached hydrogens (tertiary/aromatic N) is 2. The number of nitrogens with one attached hydrogen (secondary N) is 1. The van der Waals surface area contributed by atoms with Gasteiger partial charge in [0, 0.05) is 29.9 Å². The Morgan fingerprint density at radius 3 is 2.57 bits per heavy atom. The molecule has 3 aromatic rings. The minimum Gasteiger partial charge on any atom is -0.371 e. The molecule has 28 heavy (non-hydrogen) atoms. The Hall–Kier alpha value is -2.95. The maximum absolute atomic E-state index is 13.8. The number of carbonyl (C=O) groups is 1. The molecule has 0 bridgehead atoms. The lowest BCUT2D eigenvalue weighted by Crippen LogP contribution is -2.30. The summed E-state index contributed by atoms with van der Waals surface area (Å²) < 4.78 is 13.8. The molecule has 1 aliphatic heterocycles. The second-order valence-corrected chi connectivity index (χ2v) is 7.51. The van der Waals surface area contributed by atoms with Crippen LogP contribution in [0.2, 0.25) is 0 Å². The predicted molar refractivity (Wildman–Crippen MR) is 112 cm³/mol. The maximum atomic E-state index is 13.8. The van der Waals surface area contributed by atoms with Gasteiger partial charge in [0.2, 0.25) is 0 Å². The summed E-state index contributed by atoms with van der Waals surface area (Å²) in [6, 6.07) is 12.7. The molecule has 0 unspecified atom stereocenters. The van der Waals surface area contributed by atoms with Crippen molar-refractivity contribution in [3.63, 3.8) is 0 Å². The number of halogens is 1. The van der Waals surface area contributed by atoms with Crippen molar-refractivity contribution in [2.24, 2.45) is 0 Å². The van der Waals surface area contributed by atoms with E-state index in [9.17, 15) is 9.18 Å². The molecule has 4 nitrogen and oxygen atoms in total. The zero-order valence-electron chi connectivity index (χ0n) is 16.3. The maximum Gasteiger partial charge on any atom is 0.274 e. The van der Waals surface area contributed by atoms with E-state index < -0.39 is 0 Å². The van der Waals surface area contributed by atoms with Crippen LogP contribution >= 0.6 is 0 Å². The largest absolute Gasteiger partial charge is 0.371 e. The van der Waals surface area contributed by atoms with E-state index in [1.165, 1.54) is 18.1 Å². The summed E-state index contributed by atoms with van der Waals surface area (Å²) in [5.74, 6) is -0.669. The van der Waals surface area contributed by atoms with Crippen molar-refractivity contribution in [1.29, 1.82) is 0 Å². The van der Waals surface area contributed by atoms with Crippen molar-refractivity contribution >= 4 is 28.2 Å². The molecule has 0 aliphatic carbocycles. The SMILES string of the molecule is Cc1ccc2nc(C(=O)Nc3ccc(C)c(F)c3)cc(N3CCCCC3)c2c1. The smallest absolute Gasteiger partial charge is 0.274 e. The Labute approximate surface area is 164 Å². The van der Waals surface area contributed by atoms with Crippen molar-refractivity contribution < 1.29 is 9.18 Å². The van der Waals surface area contributed by atoms with Crippen LogP contribution in [-0.4, -0.2) is 24.0 Å². The highest BCUT2D eigenvalue weighted by Crippen LogP contribution is 2.30. The number of aryl methyl sites for hydroxylation is 2. The molecule has 4 rings (SSSR count). The van der Waals surface area contributed by atoms with Gasteiger partial charge in [-0.3, -0.25) is 4.79 Å². The second kappa shape index (κ2) is 7.58. The van der Waals surface area contributed by atoms with E-state index in [1.807, 2.05) is 18.2 Å². The fourth-order valence-electron chi connectivity index (χ4n) is 3.70. The number of hydrogen-bond donors (Lipinski definition) is 1. The van der Waals surface area contributed by atoms with Gasteiger partial charge in [-0.15, -0.1) is 0 Å². The predicted octanol–water partition coefficient (Wildman–Crippen LogP) is 5.23. The summed E-state index contributed by atoms with van der Waals surface area (Å²) in [6.45, 7) is 5.72. The third kappa shape index (κ3) is 3.70. The molecule has 1 fully saturated rings. The van der Waals surface area contributed by atoms with Gasteiger partial charge in [-0.1, -0.05) is 17.7 Å². The van der Waals surface area contributed by atoms with E-state index in [-0.39, 0.29) is 11.7 Å². The van der Waals surface area contributed by atoms with Crippen LogP contribution in [0.3, 0.4) is 0 Å². The molecule has 144 valence electrons. The minimum absolute atomic E-state index is 0.330. The number of pyridine rings is 1. The third-order valence-corrected chi connectivity index (χ3v) is 5.30. The first-order valence-electron chi connectivity index (χ1n) is 9.75. The Morgan fingerprint density at radius 2 is 1.82 bits per heavy atom. The highest BCUT2D eigenvalue weighted by molar-refractivity contribution is 6.06. The molecule has 2 heterocycles. The number of fused-ring (bicyclic) bond motifs is 1. The molecule has 0 saturated carbocycles. The van der Waals surface area contributed by atoms with Crippen LogP contribution in [0.15, 0.2) is 42.5 Å². The van der Waals surface area contributed by atoms with E-state index in [2.05, 4.69) is 28.2 Å². The first-order chi connectivity index (χ1) is 13.5. The Bertz CT molecular complexity index is 1040. The topological polar surface area (TPSA) is 45.2 Å². The van der Waals surface area contributed by atoms with E-state index in [0.29, 0.717) is 16.9 Å². The van der Waals surface area contributed by atoms with E-state index in [1.54, 1.807) is 19.1 Å². The van der Waals surface area contributed by atoms with Crippen LogP contribution < -0.4 is 10.2 Å². The molecule has 0 atom stereocenters. The molecule has 5 heteroatoms. The summed E-state index contributed by atoms with van der Waals surface area (Å²) in [5.41, 5.74) is 4.34. The van der Waals surface area contributed by atoms with E-state index >= 15 is 0 Å². The standard InChI is InChI=1S/C23H24FN3O/c1-15-6-9-20-18(12-15)22(27-10-4-3-5-11-27)14-21(26-20)23(28)25-17-8-7-16(2)19(24)13-17/h6-9,12-14H,3-5,10-11H2,1-2H3,(H,25,28). The van der Waals surface area contributed by atoms with Gasteiger partial charge in [0.05, 0.1) is 5.52 Å². The van der Waals surface area contributed by atoms with Crippen molar-refractivity contribution in [1.82, 2.24) is 4.98 Å². The van der Waals surface area contributed by atoms with Crippen molar-refractivity contribution in [3.05, 3.63) is 65.1 Å². The number of amides is 1. The van der Waals surface area contributed by atoms with Crippen LogP contribution in [0, 0.1) is 19.7 Å². The van der Waals surface area contributed by atoms with Gasteiger partial charge < -0.3 is 10.2 Å². The van der Waals surface area contributed by atoms with Crippen molar-refractivity contribution in [2.45, 2.75) is 33.1 Å². The Balaban J connectivity index is 1.72. The lowest BCUT2D eigenvalue weighted by molar-refractivity contribution is 0.102. The van der Waals surface area contributed by atoms with E-state index in [0.717, 1.165) is 42.5 Å². The summed E-state index contributed by atoms with van der Waals surface area (Å²) in [6.07, 6.45) is 3.55. The third-order valence-electron chi connectivity index (χ3n) is 5.30. The van der Waals surface area contributed by atoms with Gasteiger partial charge in [-0.25, -0.2) is 9.37 Å². The Kier molecular flexibility index (Phi) is 4.99. The molecule has 1 N–H and O–H groups in total. The van der Waals surface area contributed by atoms with Gasteiger partial charge in [-0.05, 0) is 69.0 Å². The van der Waals surface area contributed by atoms with Gasteiger partial charge in [0.15, 0.2) is 0 Å². The number of anilines is 2. The van der Waals surface area contributed by atoms with E-state index in [4.69, 9.17) is 0 Å². The number of benzene rings is 2. The fraction of sp³-hybridized carbons (Fsp3) is 0.304. The number of carbonyl (C=O) groups excluding carboxylic acids is 1. The summed E-state index contributed by atoms with van der Waals surface area (Å²) in [7, 11) is 0. The first-order valence-corrected chi connectivity index (χ1v) is 9.75. The van der Waals surface area contributed by atoms with Crippen molar-refractivity contribution in [3.8, 4) is 0 Å². The molecular formula is C23H24FN3O. The normalized spacial score (nSPS) is 14.3. The zero-order valence-corrected chi connectivity index (χ0v) is 16.3. The lowest BCUT2D eigenvalue weighted by atomic mass is 10.1.